The van der Waals surface area contributed by atoms with Crippen LogP contribution in [0.25, 0.3) is 0 Å². The van der Waals surface area contributed by atoms with Crippen LogP contribution in [-0.4, -0.2) is 96.7 Å². The van der Waals surface area contributed by atoms with Crippen molar-refractivity contribution in [1.82, 2.24) is 0 Å². The summed E-state index contributed by atoms with van der Waals surface area (Å²) in [5, 5.41) is 10.6. The van der Waals surface area contributed by atoms with E-state index < -0.39 is 97.5 Å². The van der Waals surface area contributed by atoms with E-state index in [-0.39, 0.29) is 25.7 Å². The number of carbonyl (C=O) groups excluding carboxylic acids is 4. The number of aliphatic hydroxyl groups excluding tert-OH is 1. The second-order valence-corrected chi connectivity index (χ2v) is 31.0. The molecule has 0 fully saturated rings. The molecule has 19 heteroatoms. The van der Waals surface area contributed by atoms with Crippen molar-refractivity contribution in [3.8, 4) is 0 Å². The van der Waals surface area contributed by atoms with Crippen molar-refractivity contribution in [2.24, 2.45) is 23.7 Å². The third kappa shape index (κ3) is 65.8. The van der Waals surface area contributed by atoms with Crippen molar-refractivity contribution in [1.29, 1.82) is 0 Å². The third-order valence-corrected chi connectivity index (χ3v) is 19.7. The standard InChI is InChI=1S/C74H144O17P2/c1-9-66(7)52-44-36-28-20-15-13-11-12-14-16-21-30-38-46-54-71(76)84-60-69(91-74(79)57-49-41-32-24-23-29-37-45-53-67(8)10-2)62-88-92(80,81)86-58-68(75)59-87-93(82,83)89-63-70(61-85-72(77)55-47-39-33-25-27-35-43-51-65(5)6)90-73(78)56-48-40-31-22-18-17-19-26-34-42-50-64(3)4/h64-70,75H,9-63H2,1-8H3,(H,80,81)(H,82,83)/t66?,67?,68?,69-,70-/m1/s1. The van der Waals surface area contributed by atoms with E-state index in [0.29, 0.717) is 31.6 Å². The first-order valence-corrected chi connectivity index (χ1v) is 41.3. The Morgan fingerprint density at radius 2 is 0.516 bits per heavy atom. The number of phosphoric ester groups is 2. The van der Waals surface area contributed by atoms with Gasteiger partial charge < -0.3 is 33.8 Å². The minimum atomic E-state index is -4.96. The fraction of sp³-hybridized carbons (Fsp3) is 0.946. The normalized spacial score (nSPS) is 14.8. The summed E-state index contributed by atoms with van der Waals surface area (Å²) >= 11 is 0. The Labute approximate surface area is 568 Å². The summed E-state index contributed by atoms with van der Waals surface area (Å²) in [6.07, 6.45) is 47.2. The van der Waals surface area contributed by atoms with Gasteiger partial charge in [-0.15, -0.1) is 0 Å². The summed E-state index contributed by atoms with van der Waals surface area (Å²) in [4.78, 5) is 72.7. The minimum Gasteiger partial charge on any atom is -0.462 e. The SMILES string of the molecule is CCC(C)CCCCCCCCCCCCCCCCC(=O)OC[C@H](COP(=O)(O)OCC(O)COP(=O)(O)OC[C@@H](COC(=O)CCCCCCCCCC(C)C)OC(=O)CCCCCCCCCCCCC(C)C)OC(=O)CCCCCCCCCCC(C)CC. The van der Waals surface area contributed by atoms with Gasteiger partial charge in [-0.3, -0.25) is 37.3 Å². The topological polar surface area (TPSA) is 237 Å². The van der Waals surface area contributed by atoms with Crippen molar-refractivity contribution < 1.29 is 80.2 Å². The van der Waals surface area contributed by atoms with Gasteiger partial charge in [-0.05, 0) is 49.4 Å². The van der Waals surface area contributed by atoms with E-state index >= 15 is 0 Å². The van der Waals surface area contributed by atoms with E-state index in [9.17, 15) is 43.2 Å². The molecule has 0 saturated heterocycles. The molecule has 17 nitrogen and oxygen atoms in total. The van der Waals surface area contributed by atoms with Crippen LogP contribution in [0.3, 0.4) is 0 Å². The highest BCUT2D eigenvalue weighted by atomic mass is 31.2. The monoisotopic (exact) mass is 1370 g/mol. The van der Waals surface area contributed by atoms with Gasteiger partial charge in [-0.1, -0.05) is 319 Å². The summed E-state index contributed by atoms with van der Waals surface area (Å²) in [7, 11) is -9.91. The molecule has 93 heavy (non-hydrogen) atoms. The molecule has 0 aliphatic heterocycles. The van der Waals surface area contributed by atoms with Crippen LogP contribution < -0.4 is 0 Å². The van der Waals surface area contributed by atoms with Crippen molar-refractivity contribution in [2.75, 3.05) is 39.6 Å². The van der Waals surface area contributed by atoms with E-state index in [0.717, 1.165) is 114 Å². The predicted octanol–water partition coefficient (Wildman–Crippen LogP) is 21.3. The number of esters is 4. The van der Waals surface area contributed by atoms with Crippen LogP contribution in [0, 0.1) is 23.7 Å². The van der Waals surface area contributed by atoms with E-state index in [4.69, 9.17) is 37.0 Å². The second kappa shape index (κ2) is 63.5. The highest BCUT2D eigenvalue weighted by Crippen LogP contribution is 2.45. The lowest BCUT2D eigenvalue weighted by molar-refractivity contribution is -0.161. The van der Waals surface area contributed by atoms with Gasteiger partial charge in [0.1, 0.15) is 19.3 Å². The lowest BCUT2D eigenvalue weighted by Gasteiger charge is -2.21. The minimum absolute atomic E-state index is 0.105. The number of hydrogen-bond donors (Lipinski definition) is 3. The number of hydrogen-bond acceptors (Lipinski definition) is 15. The largest absolute Gasteiger partial charge is 0.472 e. The molecule has 3 N–H and O–H groups in total. The summed E-state index contributed by atoms with van der Waals surface area (Å²) in [6.45, 7) is 14.2. The van der Waals surface area contributed by atoms with Crippen molar-refractivity contribution in [2.45, 2.75) is 388 Å². The molecule has 5 unspecified atom stereocenters. The maximum atomic E-state index is 13.1. The molecule has 0 aliphatic rings. The first-order valence-electron chi connectivity index (χ1n) is 38.3. The van der Waals surface area contributed by atoms with Gasteiger partial charge >= 0.3 is 39.5 Å². The number of ether oxygens (including phenoxy) is 4. The highest BCUT2D eigenvalue weighted by Gasteiger charge is 2.30. The second-order valence-electron chi connectivity index (χ2n) is 28.1. The highest BCUT2D eigenvalue weighted by molar-refractivity contribution is 7.47. The fourth-order valence-corrected chi connectivity index (χ4v) is 12.7. The van der Waals surface area contributed by atoms with Crippen LogP contribution in [-0.2, 0) is 65.4 Å². The zero-order valence-corrected chi connectivity index (χ0v) is 62.7. The summed E-state index contributed by atoms with van der Waals surface area (Å²) in [6, 6.07) is 0. The zero-order valence-electron chi connectivity index (χ0n) is 60.9. The average molecular weight is 1370 g/mol. The molecule has 0 aromatic rings. The molecule has 0 aliphatic carbocycles. The van der Waals surface area contributed by atoms with Crippen molar-refractivity contribution in [3.63, 3.8) is 0 Å². The first kappa shape index (κ1) is 91.1. The summed E-state index contributed by atoms with van der Waals surface area (Å²) in [5.74, 6) is 0.951. The molecule has 0 heterocycles. The summed E-state index contributed by atoms with van der Waals surface area (Å²) < 4.78 is 68.4. The third-order valence-electron chi connectivity index (χ3n) is 17.8. The Balaban J connectivity index is 5.23. The van der Waals surface area contributed by atoms with Crippen molar-refractivity contribution in [3.05, 3.63) is 0 Å². The molecular weight excluding hydrogens is 1220 g/mol. The van der Waals surface area contributed by atoms with Crippen LogP contribution in [0.1, 0.15) is 370 Å². The molecule has 0 aromatic heterocycles. The number of aliphatic hydroxyl groups is 1. The van der Waals surface area contributed by atoms with Gasteiger partial charge in [0.05, 0.1) is 26.4 Å². The van der Waals surface area contributed by atoms with E-state index in [1.54, 1.807) is 0 Å². The Morgan fingerprint density at radius 3 is 0.763 bits per heavy atom. The zero-order chi connectivity index (χ0) is 68.9. The lowest BCUT2D eigenvalue weighted by Crippen LogP contribution is -2.30. The van der Waals surface area contributed by atoms with Crippen LogP contribution in [0.15, 0.2) is 0 Å². The summed E-state index contributed by atoms with van der Waals surface area (Å²) in [5.41, 5.74) is 0. The van der Waals surface area contributed by atoms with Crippen LogP contribution in [0.2, 0.25) is 0 Å². The number of phosphoric acid groups is 2. The molecule has 0 radical (unpaired) electrons. The maximum absolute atomic E-state index is 13.1. The van der Waals surface area contributed by atoms with Gasteiger partial charge in [-0.2, -0.15) is 0 Å². The average Bonchev–Trinajstić information content (AvgIpc) is 3.13. The fourth-order valence-electron chi connectivity index (χ4n) is 11.1. The van der Waals surface area contributed by atoms with E-state index in [1.165, 1.54) is 167 Å². The maximum Gasteiger partial charge on any atom is 0.472 e. The number of unbranched alkanes of at least 4 members (excludes halogenated alkanes) is 35. The Bertz CT molecular complexity index is 1840. The van der Waals surface area contributed by atoms with Gasteiger partial charge in [0.15, 0.2) is 12.2 Å². The lowest BCUT2D eigenvalue weighted by atomic mass is 9.99. The molecule has 0 spiro atoms. The quantitative estimate of drug-likeness (QED) is 0.0222. The number of rotatable bonds is 71. The molecule has 0 saturated carbocycles. The van der Waals surface area contributed by atoms with Crippen LogP contribution in [0.4, 0.5) is 0 Å². The van der Waals surface area contributed by atoms with Gasteiger partial charge in [0, 0.05) is 25.7 Å². The Morgan fingerprint density at radius 1 is 0.301 bits per heavy atom. The molecule has 0 rings (SSSR count). The molecule has 552 valence electrons. The number of carbonyl (C=O) groups is 4. The van der Waals surface area contributed by atoms with Crippen LogP contribution in [0.5, 0.6) is 0 Å². The smallest absolute Gasteiger partial charge is 0.462 e. The van der Waals surface area contributed by atoms with E-state index in [2.05, 4.69) is 55.4 Å². The molecule has 7 atom stereocenters. The van der Waals surface area contributed by atoms with Crippen LogP contribution >= 0.6 is 15.6 Å². The first-order chi connectivity index (χ1) is 44.7. The Kier molecular flexibility index (Phi) is 62.2. The van der Waals surface area contributed by atoms with Gasteiger partial charge in [0.2, 0.25) is 0 Å². The molecule has 0 bridgehead atoms. The van der Waals surface area contributed by atoms with Crippen molar-refractivity contribution >= 4 is 39.5 Å². The van der Waals surface area contributed by atoms with Gasteiger partial charge in [0.25, 0.3) is 0 Å². The molecule has 0 amide bonds. The predicted molar refractivity (Wildman–Crippen MR) is 377 cm³/mol. The molecule has 0 aromatic carbocycles. The van der Waals surface area contributed by atoms with Gasteiger partial charge in [-0.25, -0.2) is 9.13 Å². The molecular formula is C74H144O17P2. The van der Waals surface area contributed by atoms with E-state index in [1.807, 2.05) is 0 Å². The Hall–Kier alpha value is -1.94.